The number of likely N-dealkylation sites (N-methyl/N-ethyl adjacent to an activating group) is 1. The fraction of sp³-hybridized carbons (Fsp3) is 0.444. The Hall–Kier alpha value is -2.48. The first-order valence-corrected chi connectivity index (χ1v) is 8.38. The van der Waals surface area contributed by atoms with Crippen molar-refractivity contribution in [2.45, 2.75) is 20.4 Å². The number of rotatable bonds is 8. The molecule has 2 rings (SSSR count). The number of benzene rings is 1. The lowest BCUT2D eigenvalue weighted by Gasteiger charge is -2.15. The van der Waals surface area contributed by atoms with Crippen LogP contribution in [-0.2, 0) is 6.54 Å². The summed E-state index contributed by atoms with van der Waals surface area (Å²) in [7, 11) is 3.72. The molecule has 0 radical (unpaired) electrons. The highest BCUT2D eigenvalue weighted by atomic mass is 19.1. The van der Waals surface area contributed by atoms with Crippen molar-refractivity contribution in [2.24, 2.45) is 5.92 Å². The smallest absolute Gasteiger partial charge is 0.255 e. The first-order valence-electron chi connectivity index (χ1n) is 8.38. The summed E-state index contributed by atoms with van der Waals surface area (Å²) in [4.78, 5) is 18.3. The van der Waals surface area contributed by atoms with Crippen LogP contribution in [0.15, 0.2) is 24.7 Å². The van der Waals surface area contributed by atoms with Gasteiger partial charge in [0.05, 0.1) is 18.1 Å². The summed E-state index contributed by atoms with van der Waals surface area (Å²) < 4.78 is 35.3. The van der Waals surface area contributed by atoms with Crippen LogP contribution in [0.2, 0.25) is 0 Å². The Kier molecular flexibility index (Phi) is 6.68. The highest BCUT2D eigenvalue weighted by Crippen LogP contribution is 2.30. The number of hydrogen-bond acceptors (Lipinski definition) is 4. The Morgan fingerprint density at radius 2 is 2.08 bits per heavy atom. The molecule has 0 aliphatic rings. The average Bonchev–Trinajstić information content (AvgIpc) is 2.95. The van der Waals surface area contributed by atoms with Gasteiger partial charge in [0.2, 0.25) is 5.88 Å². The molecule has 0 fully saturated rings. The maximum Gasteiger partial charge on any atom is 0.255 e. The standard InChI is InChI=1S/C18H24F2N4O2/c1-12(2)10-24-11-21-9-16(24)26-17-14(7-13(19)8-15(17)20)18(25)22-5-6-23(3)4/h7-9,11-12H,5-6,10H2,1-4H3,(H,22,25). The van der Waals surface area contributed by atoms with Gasteiger partial charge >= 0.3 is 0 Å². The summed E-state index contributed by atoms with van der Waals surface area (Å²) in [6, 6.07) is 1.65. The van der Waals surface area contributed by atoms with E-state index in [0.717, 1.165) is 6.07 Å². The van der Waals surface area contributed by atoms with Crippen LogP contribution in [0.25, 0.3) is 0 Å². The van der Waals surface area contributed by atoms with Gasteiger partial charge in [0.25, 0.3) is 5.91 Å². The molecule has 0 aliphatic carbocycles. The van der Waals surface area contributed by atoms with E-state index in [1.54, 1.807) is 10.9 Å². The number of carbonyl (C=O) groups excluding carboxylic acids is 1. The summed E-state index contributed by atoms with van der Waals surface area (Å²) >= 11 is 0. The molecule has 1 N–H and O–H groups in total. The van der Waals surface area contributed by atoms with Crippen molar-refractivity contribution in [2.75, 3.05) is 27.2 Å². The van der Waals surface area contributed by atoms with E-state index < -0.39 is 17.5 Å². The number of hydrogen-bond donors (Lipinski definition) is 1. The summed E-state index contributed by atoms with van der Waals surface area (Å²) in [6.07, 6.45) is 2.99. The van der Waals surface area contributed by atoms with Crippen molar-refractivity contribution in [1.29, 1.82) is 0 Å². The summed E-state index contributed by atoms with van der Waals surface area (Å²) in [5.41, 5.74) is -0.196. The maximum absolute atomic E-state index is 14.3. The third kappa shape index (κ3) is 5.26. The molecule has 142 valence electrons. The first kappa shape index (κ1) is 19.8. The van der Waals surface area contributed by atoms with Crippen molar-refractivity contribution in [1.82, 2.24) is 19.8 Å². The zero-order valence-corrected chi connectivity index (χ0v) is 15.4. The molecule has 26 heavy (non-hydrogen) atoms. The maximum atomic E-state index is 14.3. The zero-order valence-electron chi connectivity index (χ0n) is 15.4. The number of nitrogens with zero attached hydrogens (tertiary/aromatic N) is 3. The van der Waals surface area contributed by atoms with E-state index in [1.165, 1.54) is 6.20 Å². The highest BCUT2D eigenvalue weighted by Gasteiger charge is 2.21. The third-order valence-corrected chi connectivity index (χ3v) is 3.54. The second-order valence-electron chi connectivity index (χ2n) is 6.70. The number of imidazole rings is 1. The van der Waals surface area contributed by atoms with Crippen molar-refractivity contribution >= 4 is 5.91 Å². The largest absolute Gasteiger partial charge is 0.435 e. The molecule has 0 atom stereocenters. The van der Waals surface area contributed by atoms with Gasteiger partial charge in [0, 0.05) is 25.7 Å². The SMILES string of the molecule is CC(C)Cn1cncc1Oc1c(F)cc(F)cc1C(=O)NCCN(C)C. The molecule has 0 saturated heterocycles. The summed E-state index contributed by atoms with van der Waals surface area (Å²) in [5.74, 6) is -2.11. The van der Waals surface area contributed by atoms with Crippen molar-refractivity contribution < 1.29 is 18.3 Å². The minimum atomic E-state index is -0.944. The lowest BCUT2D eigenvalue weighted by molar-refractivity contribution is 0.0947. The minimum absolute atomic E-state index is 0.196. The van der Waals surface area contributed by atoms with Crippen molar-refractivity contribution in [3.8, 4) is 11.6 Å². The fourth-order valence-corrected chi connectivity index (χ4v) is 2.35. The Balaban J connectivity index is 2.28. The average molecular weight is 366 g/mol. The topological polar surface area (TPSA) is 59.4 Å². The Morgan fingerprint density at radius 1 is 1.35 bits per heavy atom. The molecule has 1 aromatic heterocycles. The molecule has 0 aliphatic heterocycles. The van der Waals surface area contributed by atoms with Crippen LogP contribution in [0.5, 0.6) is 11.6 Å². The lowest BCUT2D eigenvalue weighted by atomic mass is 10.1. The van der Waals surface area contributed by atoms with E-state index in [1.807, 2.05) is 32.8 Å². The molecule has 6 nitrogen and oxygen atoms in total. The van der Waals surface area contributed by atoms with Gasteiger partial charge < -0.3 is 19.5 Å². The number of nitrogens with one attached hydrogen (secondary N) is 1. The Bertz CT molecular complexity index is 760. The molecule has 2 aromatic rings. The second kappa shape index (κ2) is 8.75. The van der Waals surface area contributed by atoms with Crippen LogP contribution in [0.4, 0.5) is 8.78 Å². The lowest BCUT2D eigenvalue weighted by Crippen LogP contribution is -2.31. The van der Waals surface area contributed by atoms with E-state index in [4.69, 9.17) is 4.74 Å². The molecule has 0 unspecified atom stereocenters. The van der Waals surface area contributed by atoms with Gasteiger partial charge in [-0.25, -0.2) is 13.8 Å². The Labute approximate surface area is 151 Å². The normalized spacial score (nSPS) is 11.2. The summed E-state index contributed by atoms with van der Waals surface area (Å²) in [6.45, 7) is 5.59. The molecular weight excluding hydrogens is 342 g/mol. The molecule has 1 aromatic carbocycles. The van der Waals surface area contributed by atoms with E-state index in [0.29, 0.717) is 31.6 Å². The van der Waals surface area contributed by atoms with Crippen LogP contribution in [-0.4, -0.2) is 47.5 Å². The van der Waals surface area contributed by atoms with Gasteiger partial charge in [-0.1, -0.05) is 13.8 Å². The van der Waals surface area contributed by atoms with E-state index in [9.17, 15) is 13.6 Å². The van der Waals surface area contributed by atoms with Gasteiger partial charge in [-0.2, -0.15) is 0 Å². The molecule has 8 heteroatoms. The Morgan fingerprint density at radius 3 is 2.73 bits per heavy atom. The predicted molar refractivity (Wildman–Crippen MR) is 94.4 cm³/mol. The molecule has 1 amide bonds. The van der Waals surface area contributed by atoms with Crippen molar-refractivity contribution in [3.05, 3.63) is 41.9 Å². The van der Waals surface area contributed by atoms with Crippen molar-refractivity contribution in [3.63, 3.8) is 0 Å². The minimum Gasteiger partial charge on any atom is -0.435 e. The van der Waals surface area contributed by atoms with Gasteiger partial charge in [-0.15, -0.1) is 0 Å². The van der Waals surface area contributed by atoms with Crippen LogP contribution in [0.3, 0.4) is 0 Å². The molecule has 0 bridgehead atoms. The number of ether oxygens (including phenoxy) is 1. The van der Waals surface area contributed by atoms with Gasteiger partial charge in [0.15, 0.2) is 11.6 Å². The van der Waals surface area contributed by atoms with Gasteiger partial charge in [0.1, 0.15) is 5.82 Å². The van der Waals surface area contributed by atoms with Crippen LogP contribution in [0.1, 0.15) is 24.2 Å². The third-order valence-electron chi connectivity index (χ3n) is 3.54. The quantitative estimate of drug-likeness (QED) is 0.780. The van der Waals surface area contributed by atoms with Gasteiger partial charge in [-0.3, -0.25) is 4.79 Å². The van der Waals surface area contributed by atoms with Crippen LogP contribution >= 0.6 is 0 Å². The summed E-state index contributed by atoms with van der Waals surface area (Å²) in [5, 5.41) is 2.64. The highest BCUT2D eigenvalue weighted by molar-refractivity contribution is 5.97. The molecular formula is C18H24F2N4O2. The van der Waals surface area contributed by atoms with Crippen LogP contribution in [0, 0.1) is 17.6 Å². The number of carbonyl (C=O) groups is 1. The van der Waals surface area contributed by atoms with E-state index >= 15 is 0 Å². The molecule has 0 spiro atoms. The van der Waals surface area contributed by atoms with E-state index in [2.05, 4.69) is 10.3 Å². The van der Waals surface area contributed by atoms with E-state index in [-0.39, 0.29) is 17.2 Å². The molecule has 0 saturated carbocycles. The van der Waals surface area contributed by atoms with Crippen LogP contribution < -0.4 is 10.1 Å². The fourth-order valence-electron chi connectivity index (χ4n) is 2.35. The number of amides is 1. The number of halogens is 2. The van der Waals surface area contributed by atoms with Gasteiger partial charge in [-0.05, 0) is 26.1 Å². The number of aromatic nitrogens is 2. The zero-order chi connectivity index (χ0) is 19.3. The molecule has 1 heterocycles. The second-order valence-corrected chi connectivity index (χ2v) is 6.70. The monoisotopic (exact) mass is 366 g/mol. The first-order chi connectivity index (χ1) is 12.3. The predicted octanol–water partition coefficient (Wildman–Crippen LogP) is 2.90.